The molecule has 1 aromatic carbocycles. The molecule has 0 amide bonds. The van der Waals surface area contributed by atoms with Crippen LogP contribution in [0.15, 0.2) is 24.3 Å². The molecule has 0 bridgehead atoms. The Morgan fingerprint density at radius 2 is 2.00 bits per heavy atom. The van der Waals surface area contributed by atoms with E-state index in [2.05, 4.69) is 0 Å². The lowest BCUT2D eigenvalue weighted by molar-refractivity contribution is -0.384. The molecule has 14 heavy (non-hydrogen) atoms. The molecule has 0 unspecified atom stereocenters. The van der Waals surface area contributed by atoms with Crippen molar-refractivity contribution in [1.29, 1.82) is 0 Å². The number of nitrogens with zero attached hydrogens (tertiary/aromatic N) is 1. The van der Waals surface area contributed by atoms with E-state index in [1.165, 1.54) is 18.2 Å². The minimum atomic E-state index is -1.63. The van der Waals surface area contributed by atoms with Crippen LogP contribution in [0, 0.1) is 10.1 Å². The topological polar surface area (TPSA) is 97.5 Å². The van der Waals surface area contributed by atoms with Gasteiger partial charge in [-0.05, 0) is 0 Å². The highest BCUT2D eigenvalue weighted by molar-refractivity contribution is 6.39. The number of carbonyl (C=O) groups is 2. The first-order chi connectivity index (χ1) is 6.52. The van der Waals surface area contributed by atoms with E-state index in [0.717, 1.165) is 6.07 Å². The lowest BCUT2D eigenvalue weighted by Crippen LogP contribution is -2.12. The minimum Gasteiger partial charge on any atom is -0.475 e. The van der Waals surface area contributed by atoms with Gasteiger partial charge in [-0.1, -0.05) is 12.1 Å². The van der Waals surface area contributed by atoms with Crippen molar-refractivity contribution < 1.29 is 19.6 Å². The number of Topliss-reactive ketones (excluding diaryl/α,β-unsaturated/α-hetero) is 1. The number of nitro groups is 1. The van der Waals surface area contributed by atoms with Gasteiger partial charge in [-0.3, -0.25) is 14.9 Å². The van der Waals surface area contributed by atoms with Crippen LogP contribution in [0.1, 0.15) is 10.4 Å². The molecule has 1 N–H and O–H groups in total. The third kappa shape index (κ3) is 1.92. The van der Waals surface area contributed by atoms with E-state index in [-0.39, 0.29) is 11.3 Å². The van der Waals surface area contributed by atoms with E-state index < -0.39 is 16.7 Å². The van der Waals surface area contributed by atoms with E-state index in [1.54, 1.807) is 0 Å². The Labute approximate surface area is 77.9 Å². The van der Waals surface area contributed by atoms with Crippen LogP contribution in [-0.4, -0.2) is 21.8 Å². The second kappa shape index (κ2) is 3.65. The molecule has 0 radical (unpaired) electrons. The molecule has 0 aliphatic rings. The average molecular weight is 197 g/mol. The van der Waals surface area contributed by atoms with Gasteiger partial charge in [0, 0.05) is 17.7 Å². The maximum Gasteiger partial charge on any atom is 0.377 e. The lowest BCUT2D eigenvalue weighted by atomic mass is 10.2. The molecule has 0 aromatic heterocycles. The highest BCUT2D eigenvalue weighted by Gasteiger charge is 2.16. The number of aliphatic carboxylic acids is 1. The van der Waals surface area contributed by atoms with Crippen LogP contribution < -0.4 is 0 Å². The van der Waals surface area contributed by atoms with Gasteiger partial charge < -0.3 is 5.11 Å². The van der Waals surface area contributed by atoms with E-state index in [4.69, 9.17) is 5.11 Å². The molecule has 0 aliphatic carbocycles. The Morgan fingerprint density at radius 3 is 2.50 bits per heavy atom. The van der Waals surface area contributed by atoms with Crippen molar-refractivity contribution in [3.8, 4) is 0 Å². The third-order valence-electron chi connectivity index (χ3n) is 1.51. The van der Waals surface area contributed by atoms with Crippen LogP contribution in [-0.2, 0) is 4.79 Å². The molecule has 1 rings (SSSR count). The largest absolute Gasteiger partial charge is 0.475 e. The number of non-ortho nitro benzene ring substituents is 1. The number of ketones is 1. The standard InChI is InChI=1S/C8H5NO5/c10-7(8(11)12)5-2-1-3-6(4-5)9(13)14/h1-4H,(H,11,12)/i7+1,8+1. The maximum atomic E-state index is 10.9. The predicted octanol–water partition coefficient (Wildman–Crippen LogP) is 0.862. The minimum absolute atomic E-state index is 0.202. The van der Waals surface area contributed by atoms with Crippen LogP contribution in [0.2, 0.25) is 0 Å². The van der Waals surface area contributed by atoms with Crippen molar-refractivity contribution in [3.05, 3.63) is 39.9 Å². The average Bonchev–Trinajstić information content (AvgIpc) is 2.16. The molecule has 0 spiro atoms. The molecule has 6 heteroatoms. The van der Waals surface area contributed by atoms with Crippen LogP contribution in [0.4, 0.5) is 5.69 Å². The maximum absolute atomic E-state index is 10.9. The Bertz CT molecular complexity index is 412. The Kier molecular flexibility index (Phi) is 2.57. The zero-order chi connectivity index (χ0) is 10.7. The summed E-state index contributed by atoms with van der Waals surface area (Å²) >= 11 is 0. The second-order valence-electron chi connectivity index (χ2n) is 2.44. The van der Waals surface area contributed by atoms with Gasteiger partial charge in [0.05, 0.1) is 4.92 Å². The molecule has 6 nitrogen and oxygen atoms in total. The first-order valence-corrected chi connectivity index (χ1v) is 3.54. The molecule has 0 saturated heterocycles. The number of benzene rings is 1. The summed E-state index contributed by atoms with van der Waals surface area (Å²) in [5.74, 6) is -2.79. The number of hydrogen-bond acceptors (Lipinski definition) is 4. The highest BCUT2D eigenvalue weighted by atomic mass is 16.6. The van der Waals surface area contributed by atoms with Crippen molar-refractivity contribution in [2.24, 2.45) is 0 Å². The molecule has 72 valence electrons. The molecule has 0 saturated carbocycles. The van der Waals surface area contributed by atoms with E-state index in [9.17, 15) is 19.7 Å². The van der Waals surface area contributed by atoms with Gasteiger partial charge >= 0.3 is 5.97 Å². The van der Waals surface area contributed by atoms with Crippen molar-refractivity contribution >= 4 is 17.4 Å². The van der Waals surface area contributed by atoms with Crippen LogP contribution in [0.3, 0.4) is 0 Å². The predicted molar refractivity (Wildman–Crippen MR) is 45.1 cm³/mol. The zero-order valence-corrected chi connectivity index (χ0v) is 6.84. The summed E-state index contributed by atoms with van der Waals surface area (Å²) in [6.07, 6.45) is 0. The molecule has 0 fully saturated rings. The summed E-state index contributed by atoms with van der Waals surface area (Å²) in [4.78, 5) is 30.8. The summed E-state index contributed by atoms with van der Waals surface area (Å²) in [7, 11) is 0. The number of hydrogen-bond donors (Lipinski definition) is 1. The van der Waals surface area contributed by atoms with Gasteiger partial charge in [0.1, 0.15) is 0 Å². The van der Waals surface area contributed by atoms with Crippen LogP contribution >= 0.6 is 0 Å². The van der Waals surface area contributed by atoms with Gasteiger partial charge in [-0.25, -0.2) is 4.79 Å². The number of carboxylic acids is 1. The van der Waals surface area contributed by atoms with Gasteiger partial charge in [-0.2, -0.15) is 0 Å². The van der Waals surface area contributed by atoms with Crippen molar-refractivity contribution in [2.45, 2.75) is 0 Å². The summed E-state index contributed by atoms with van der Waals surface area (Å²) in [6.45, 7) is 0. The highest BCUT2D eigenvalue weighted by Crippen LogP contribution is 2.13. The number of nitro benzene ring substituents is 1. The fourth-order valence-corrected chi connectivity index (χ4v) is 0.884. The molecule has 1 aromatic rings. The van der Waals surface area contributed by atoms with Crippen LogP contribution in [0.5, 0.6) is 0 Å². The number of rotatable bonds is 3. The smallest absolute Gasteiger partial charge is 0.377 e. The fourth-order valence-electron chi connectivity index (χ4n) is 0.884. The summed E-state index contributed by atoms with van der Waals surface area (Å²) in [5.41, 5.74) is -0.510. The summed E-state index contributed by atoms with van der Waals surface area (Å²) < 4.78 is 0. The fraction of sp³-hybridized carbons (Fsp3) is 0. The van der Waals surface area contributed by atoms with Crippen molar-refractivity contribution in [1.82, 2.24) is 0 Å². The summed E-state index contributed by atoms with van der Waals surface area (Å²) in [5, 5.41) is 18.6. The molecule has 0 heterocycles. The van der Waals surface area contributed by atoms with Gasteiger partial charge in [0.2, 0.25) is 0 Å². The normalized spacial score (nSPS) is 9.43. The molecule has 0 aliphatic heterocycles. The monoisotopic (exact) mass is 197 g/mol. The Hall–Kier alpha value is -2.24. The SMILES string of the molecule is O=[13C](O)[13C](=O)c1cccc([N+](=O)[O-])c1. The summed E-state index contributed by atoms with van der Waals surface area (Å²) in [6, 6.07) is 4.58. The van der Waals surface area contributed by atoms with Gasteiger partial charge in [0.15, 0.2) is 0 Å². The van der Waals surface area contributed by atoms with E-state index in [0.29, 0.717) is 0 Å². The Balaban J connectivity index is 3.12. The van der Waals surface area contributed by atoms with E-state index >= 15 is 0 Å². The first kappa shape index (κ1) is 9.85. The second-order valence-corrected chi connectivity index (χ2v) is 2.44. The molecular formula is C8H5NO5. The molecular weight excluding hydrogens is 192 g/mol. The first-order valence-electron chi connectivity index (χ1n) is 3.54. The zero-order valence-electron chi connectivity index (χ0n) is 6.84. The Morgan fingerprint density at radius 1 is 1.36 bits per heavy atom. The lowest BCUT2D eigenvalue weighted by Gasteiger charge is -1.95. The third-order valence-corrected chi connectivity index (χ3v) is 1.51. The number of carboxylic acid groups (broad SMARTS) is 1. The van der Waals surface area contributed by atoms with Crippen LogP contribution in [0.25, 0.3) is 0 Å². The molecule has 0 atom stereocenters. The van der Waals surface area contributed by atoms with E-state index in [1.807, 2.05) is 0 Å². The van der Waals surface area contributed by atoms with Crippen molar-refractivity contribution in [2.75, 3.05) is 0 Å². The van der Waals surface area contributed by atoms with Crippen molar-refractivity contribution in [3.63, 3.8) is 0 Å². The van der Waals surface area contributed by atoms with Gasteiger partial charge in [0.25, 0.3) is 11.5 Å². The van der Waals surface area contributed by atoms with Gasteiger partial charge in [-0.15, -0.1) is 0 Å². The quantitative estimate of drug-likeness (QED) is 0.255. The number of carbonyl (C=O) groups excluding carboxylic acids is 1.